The fraction of sp³-hybridized carbons (Fsp3) is 0.0645. The van der Waals surface area contributed by atoms with Gasteiger partial charge in [-0.15, -0.1) is 0 Å². The molecule has 192 valence electrons. The van der Waals surface area contributed by atoms with E-state index in [-0.39, 0.29) is 12.7 Å². The monoisotopic (exact) mass is 516 g/mol. The van der Waals surface area contributed by atoms with Crippen LogP contribution in [-0.4, -0.2) is 28.7 Å². The summed E-state index contributed by atoms with van der Waals surface area (Å²) in [6.07, 6.45) is 3.47. The van der Waals surface area contributed by atoms with E-state index in [4.69, 9.17) is 19.3 Å². The van der Waals surface area contributed by atoms with Gasteiger partial charge in [-0.3, -0.25) is 4.79 Å². The average molecular weight is 517 g/mol. The summed E-state index contributed by atoms with van der Waals surface area (Å²) in [5.41, 5.74) is 7.36. The molecule has 0 bridgehead atoms. The van der Waals surface area contributed by atoms with Gasteiger partial charge >= 0.3 is 0 Å². The van der Waals surface area contributed by atoms with E-state index in [1.165, 1.54) is 0 Å². The lowest BCUT2D eigenvalue weighted by Crippen LogP contribution is -2.17. The van der Waals surface area contributed by atoms with E-state index in [2.05, 4.69) is 10.5 Å². The van der Waals surface area contributed by atoms with Crippen molar-refractivity contribution in [3.05, 3.63) is 126 Å². The van der Waals surface area contributed by atoms with Gasteiger partial charge < -0.3 is 14.2 Å². The number of carbonyl (C=O) groups excluding carboxylic acids is 1. The number of nitrogens with one attached hydrogen (secondary N) is 1. The molecule has 39 heavy (non-hydrogen) atoms. The second kappa shape index (κ2) is 10.9. The number of hydrogen-bond acceptors (Lipinski definition) is 6. The molecule has 8 heteroatoms. The minimum atomic E-state index is -0.360. The molecule has 0 aliphatic carbocycles. The quantitative estimate of drug-likeness (QED) is 0.214. The Labute approximate surface area is 225 Å². The zero-order valence-electron chi connectivity index (χ0n) is 20.9. The highest BCUT2D eigenvalue weighted by atomic mass is 16.7. The first-order chi connectivity index (χ1) is 19.2. The van der Waals surface area contributed by atoms with Crippen LogP contribution in [0.25, 0.3) is 16.9 Å². The second-order valence-electron chi connectivity index (χ2n) is 8.78. The van der Waals surface area contributed by atoms with E-state index >= 15 is 0 Å². The Hall–Kier alpha value is -5.37. The fourth-order valence-corrected chi connectivity index (χ4v) is 4.13. The predicted octanol–water partition coefficient (Wildman–Crippen LogP) is 5.61. The van der Waals surface area contributed by atoms with E-state index in [0.717, 1.165) is 33.8 Å². The summed E-state index contributed by atoms with van der Waals surface area (Å²) >= 11 is 0. The van der Waals surface area contributed by atoms with Crippen molar-refractivity contribution < 1.29 is 19.0 Å². The average Bonchev–Trinajstić information content (AvgIpc) is 3.64. The van der Waals surface area contributed by atoms with Crippen LogP contribution in [0.15, 0.2) is 114 Å². The topological polar surface area (TPSA) is 87.0 Å². The number of ether oxygens (including phenoxy) is 3. The van der Waals surface area contributed by atoms with Crippen LogP contribution in [0.1, 0.15) is 21.5 Å². The zero-order chi connectivity index (χ0) is 26.4. The highest BCUT2D eigenvalue weighted by Crippen LogP contribution is 2.32. The molecule has 6 rings (SSSR count). The van der Waals surface area contributed by atoms with Gasteiger partial charge in [0, 0.05) is 22.9 Å². The number of fused-ring (bicyclic) bond motifs is 1. The number of hydrazone groups is 1. The Morgan fingerprint density at radius 1 is 0.923 bits per heavy atom. The van der Waals surface area contributed by atoms with E-state index < -0.39 is 0 Å². The maximum atomic E-state index is 12.7. The maximum Gasteiger partial charge on any atom is 0.271 e. The van der Waals surface area contributed by atoms with E-state index in [1.807, 2.05) is 91.1 Å². The van der Waals surface area contributed by atoms with Gasteiger partial charge in [0.25, 0.3) is 5.91 Å². The minimum Gasteiger partial charge on any atom is -0.489 e. The van der Waals surface area contributed by atoms with Crippen molar-refractivity contribution in [2.45, 2.75) is 6.61 Å². The molecule has 1 amide bonds. The molecule has 2 heterocycles. The molecular formula is C31H24N4O4. The van der Waals surface area contributed by atoms with E-state index in [0.29, 0.717) is 23.7 Å². The van der Waals surface area contributed by atoms with Gasteiger partial charge in [-0.25, -0.2) is 10.1 Å². The lowest BCUT2D eigenvalue weighted by Gasteiger charge is -2.07. The van der Waals surface area contributed by atoms with Gasteiger partial charge in [-0.2, -0.15) is 10.2 Å². The van der Waals surface area contributed by atoms with Crippen molar-refractivity contribution in [1.82, 2.24) is 15.2 Å². The lowest BCUT2D eigenvalue weighted by atomic mass is 10.1. The van der Waals surface area contributed by atoms with Crippen LogP contribution in [0.4, 0.5) is 0 Å². The van der Waals surface area contributed by atoms with E-state index in [1.54, 1.807) is 29.1 Å². The van der Waals surface area contributed by atoms with Crippen LogP contribution in [0, 0.1) is 0 Å². The van der Waals surface area contributed by atoms with Crippen molar-refractivity contribution in [3.8, 4) is 34.2 Å². The van der Waals surface area contributed by atoms with E-state index in [9.17, 15) is 4.79 Å². The van der Waals surface area contributed by atoms with Crippen molar-refractivity contribution in [3.63, 3.8) is 0 Å². The third kappa shape index (κ3) is 5.50. The van der Waals surface area contributed by atoms with Crippen LogP contribution in [0.3, 0.4) is 0 Å². The van der Waals surface area contributed by atoms with Crippen molar-refractivity contribution in [1.29, 1.82) is 0 Å². The number of nitrogens with zero attached hydrogens (tertiary/aromatic N) is 3. The van der Waals surface area contributed by atoms with Gasteiger partial charge in [0.2, 0.25) is 6.79 Å². The van der Waals surface area contributed by atoms with Crippen LogP contribution < -0.4 is 19.6 Å². The van der Waals surface area contributed by atoms with Crippen molar-refractivity contribution >= 4 is 12.1 Å². The number of aromatic nitrogens is 2. The van der Waals surface area contributed by atoms with Gasteiger partial charge in [-0.05, 0) is 60.2 Å². The summed E-state index contributed by atoms with van der Waals surface area (Å²) in [7, 11) is 0. The van der Waals surface area contributed by atoms with Gasteiger partial charge in [0.05, 0.1) is 11.9 Å². The number of amides is 1. The number of rotatable bonds is 8. The van der Waals surface area contributed by atoms with Crippen molar-refractivity contribution in [2.75, 3.05) is 6.79 Å². The smallest absolute Gasteiger partial charge is 0.271 e. The van der Waals surface area contributed by atoms with Gasteiger partial charge in [-0.1, -0.05) is 48.5 Å². The zero-order valence-corrected chi connectivity index (χ0v) is 20.9. The first kappa shape index (κ1) is 24.0. The number of carbonyl (C=O) groups is 1. The molecule has 1 aliphatic heterocycles. The first-order valence-electron chi connectivity index (χ1n) is 12.4. The molecule has 0 unspecified atom stereocenters. The standard InChI is InChI=1S/C31H24N4O4/c36-31(24-13-16-28-29(17-24)39-21-38-28)33-32-18-25-19-35(26-9-5-2-6-10-26)34-30(25)23-11-14-27(15-12-23)37-20-22-7-3-1-4-8-22/h1-19H,20-21H2,(H,33,36)/b32-18-. The number of benzene rings is 4. The summed E-state index contributed by atoms with van der Waals surface area (Å²) in [5.74, 6) is 1.55. The highest BCUT2D eigenvalue weighted by Gasteiger charge is 2.16. The highest BCUT2D eigenvalue weighted by molar-refractivity contribution is 5.96. The molecule has 0 spiro atoms. The largest absolute Gasteiger partial charge is 0.489 e. The van der Waals surface area contributed by atoms with Crippen LogP contribution in [0.2, 0.25) is 0 Å². The molecule has 1 N–H and O–H groups in total. The summed E-state index contributed by atoms with van der Waals surface area (Å²) in [5, 5.41) is 9.02. The van der Waals surface area contributed by atoms with Crippen LogP contribution in [0.5, 0.6) is 17.2 Å². The third-order valence-electron chi connectivity index (χ3n) is 6.14. The fourth-order valence-electron chi connectivity index (χ4n) is 4.13. The molecule has 0 fully saturated rings. The number of para-hydroxylation sites is 1. The minimum absolute atomic E-state index is 0.146. The molecule has 8 nitrogen and oxygen atoms in total. The second-order valence-corrected chi connectivity index (χ2v) is 8.78. The van der Waals surface area contributed by atoms with Crippen LogP contribution in [-0.2, 0) is 6.61 Å². The van der Waals surface area contributed by atoms with Gasteiger partial charge in [0.1, 0.15) is 18.1 Å². The molecular weight excluding hydrogens is 492 g/mol. The Morgan fingerprint density at radius 3 is 2.46 bits per heavy atom. The Morgan fingerprint density at radius 2 is 1.67 bits per heavy atom. The Bertz CT molecular complexity index is 1610. The molecule has 5 aromatic rings. The molecule has 1 aliphatic rings. The predicted molar refractivity (Wildman–Crippen MR) is 147 cm³/mol. The lowest BCUT2D eigenvalue weighted by molar-refractivity contribution is 0.0954. The number of hydrogen-bond donors (Lipinski definition) is 1. The SMILES string of the molecule is O=C(N/N=C\c1cn(-c2ccccc2)nc1-c1ccc(OCc2ccccc2)cc1)c1ccc2c(c1)OCO2. The Kier molecular flexibility index (Phi) is 6.73. The van der Waals surface area contributed by atoms with Crippen LogP contribution >= 0.6 is 0 Å². The summed E-state index contributed by atoms with van der Waals surface area (Å²) in [4.78, 5) is 12.7. The third-order valence-corrected chi connectivity index (χ3v) is 6.14. The molecule has 0 radical (unpaired) electrons. The Balaban J connectivity index is 1.22. The summed E-state index contributed by atoms with van der Waals surface area (Å²) in [6, 6.07) is 32.6. The maximum absolute atomic E-state index is 12.7. The van der Waals surface area contributed by atoms with Crippen molar-refractivity contribution in [2.24, 2.45) is 5.10 Å². The molecule has 1 aromatic heterocycles. The molecule has 4 aromatic carbocycles. The molecule has 0 saturated heterocycles. The normalized spacial score (nSPS) is 12.0. The van der Waals surface area contributed by atoms with Gasteiger partial charge in [0.15, 0.2) is 11.5 Å². The summed E-state index contributed by atoms with van der Waals surface area (Å²) in [6.45, 7) is 0.636. The summed E-state index contributed by atoms with van der Waals surface area (Å²) < 4.78 is 18.4. The first-order valence-corrected chi connectivity index (χ1v) is 12.4. The molecule has 0 saturated carbocycles. The molecule has 0 atom stereocenters.